The zero-order valence-electron chi connectivity index (χ0n) is 20.0. The van der Waals surface area contributed by atoms with Gasteiger partial charge in [-0.25, -0.2) is 4.98 Å². The first kappa shape index (κ1) is 23.1. The lowest BCUT2D eigenvalue weighted by molar-refractivity contribution is -0.139. The molecule has 2 heterocycles. The monoisotopic (exact) mass is 474 g/mol. The summed E-state index contributed by atoms with van der Waals surface area (Å²) < 4.78 is 7.03. The van der Waals surface area contributed by atoms with Gasteiger partial charge in [0.1, 0.15) is 11.6 Å². The molecular formula is C27H30N4O4. The average Bonchev–Trinajstić information content (AvgIpc) is 3.72. The van der Waals surface area contributed by atoms with Gasteiger partial charge in [0.05, 0.1) is 24.4 Å². The molecule has 1 aliphatic carbocycles. The van der Waals surface area contributed by atoms with Crippen LogP contribution in [-0.2, 0) is 22.4 Å². The average molecular weight is 475 g/mol. The van der Waals surface area contributed by atoms with Crippen LogP contribution < -0.4 is 10.3 Å². The summed E-state index contributed by atoms with van der Waals surface area (Å²) in [6, 6.07) is 15.1. The largest absolute Gasteiger partial charge is 0.497 e. The number of hydrogen-bond acceptors (Lipinski definition) is 5. The third-order valence-corrected chi connectivity index (χ3v) is 6.83. The molecule has 5 rings (SSSR count). The highest BCUT2D eigenvalue weighted by atomic mass is 16.5. The fourth-order valence-electron chi connectivity index (χ4n) is 4.73. The molecule has 35 heavy (non-hydrogen) atoms. The number of carbonyl (C=O) groups excluding carboxylic acids is 2. The van der Waals surface area contributed by atoms with Crippen molar-refractivity contribution in [3.8, 4) is 5.75 Å². The molecule has 0 unspecified atom stereocenters. The van der Waals surface area contributed by atoms with Gasteiger partial charge in [0.2, 0.25) is 11.8 Å². The summed E-state index contributed by atoms with van der Waals surface area (Å²) in [7, 11) is 1.61. The summed E-state index contributed by atoms with van der Waals surface area (Å²) in [5, 5.41) is 0.629. The number of piperazine rings is 1. The lowest BCUT2D eigenvalue weighted by atomic mass is 10.1. The first-order valence-electron chi connectivity index (χ1n) is 12.2. The number of nitrogens with zero attached hydrogens (tertiary/aromatic N) is 4. The third-order valence-electron chi connectivity index (χ3n) is 6.83. The second kappa shape index (κ2) is 9.90. The zero-order chi connectivity index (χ0) is 24.4. The molecule has 1 saturated carbocycles. The number of ether oxygens (including phenoxy) is 1. The van der Waals surface area contributed by atoms with Crippen molar-refractivity contribution >= 4 is 22.7 Å². The number of fused-ring (bicyclic) bond motifs is 1. The van der Waals surface area contributed by atoms with E-state index in [1.54, 1.807) is 11.7 Å². The van der Waals surface area contributed by atoms with Crippen LogP contribution in [0.4, 0.5) is 0 Å². The molecule has 0 N–H and O–H groups in total. The first-order valence-corrected chi connectivity index (χ1v) is 12.2. The summed E-state index contributed by atoms with van der Waals surface area (Å²) in [5.74, 6) is 1.52. The zero-order valence-corrected chi connectivity index (χ0v) is 20.0. The minimum Gasteiger partial charge on any atom is -0.497 e. The Kier molecular flexibility index (Phi) is 6.53. The van der Waals surface area contributed by atoms with Crippen molar-refractivity contribution < 1.29 is 14.3 Å². The van der Waals surface area contributed by atoms with E-state index in [4.69, 9.17) is 9.72 Å². The second-order valence-electron chi connectivity index (χ2n) is 9.24. The van der Waals surface area contributed by atoms with E-state index < -0.39 is 0 Å². The molecule has 0 spiro atoms. The molecule has 0 radical (unpaired) electrons. The van der Waals surface area contributed by atoms with E-state index in [0.29, 0.717) is 62.2 Å². The van der Waals surface area contributed by atoms with Crippen molar-refractivity contribution in [2.24, 2.45) is 0 Å². The van der Waals surface area contributed by atoms with Crippen LogP contribution in [-0.4, -0.2) is 64.5 Å². The Morgan fingerprint density at radius 2 is 1.69 bits per heavy atom. The van der Waals surface area contributed by atoms with Gasteiger partial charge in [-0.3, -0.25) is 19.0 Å². The number of carbonyl (C=O) groups is 2. The van der Waals surface area contributed by atoms with Gasteiger partial charge in [-0.05, 0) is 42.7 Å². The van der Waals surface area contributed by atoms with Gasteiger partial charge in [0.25, 0.3) is 5.56 Å². The summed E-state index contributed by atoms with van der Waals surface area (Å²) in [6.07, 6.45) is 3.01. The summed E-state index contributed by atoms with van der Waals surface area (Å²) >= 11 is 0. The Hall–Kier alpha value is -3.68. The number of aryl methyl sites for hydroxylation is 1. The molecule has 8 nitrogen and oxygen atoms in total. The van der Waals surface area contributed by atoms with Crippen LogP contribution in [0.3, 0.4) is 0 Å². The van der Waals surface area contributed by atoms with Gasteiger partial charge in [-0.1, -0.05) is 24.3 Å². The maximum Gasteiger partial charge on any atom is 0.261 e. The summed E-state index contributed by atoms with van der Waals surface area (Å²) in [4.78, 5) is 47.1. The van der Waals surface area contributed by atoms with Crippen LogP contribution in [0.5, 0.6) is 5.75 Å². The lowest BCUT2D eigenvalue weighted by Gasteiger charge is -2.35. The van der Waals surface area contributed by atoms with Crippen molar-refractivity contribution in [3.63, 3.8) is 0 Å². The van der Waals surface area contributed by atoms with Crippen molar-refractivity contribution in [1.29, 1.82) is 0 Å². The van der Waals surface area contributed by atoms with Crippen LogP contribution in [0.1, 0.15) is 36.7 Å². The minimum atomic E-state index is -0.0105. The van der Waals surface area contributed by atoms with Crippen LogP contribution in [0.2, 0.25) is 0 Å². The molecule has 8 heteroatoms. The highest BCUT2D eigenvalue weighted by Crippen LogP contribution is 2.35. The smallest absolute Gasteiger partial charge is 0.261 e. The fourth-order valence-corrected chi connectivity index (χ4v) is 4.73. The van der Waals surface area contributed by atoms with Crippen LogP contribution in [0.25, 0.3) is 10.9 Å². The molecule has 0 bridgehead atoms. The molecule has 182 valence electrons. The standard InChI is InChI=1S/C27H30N4O4/c1-35-21-6-4-5-19(17-21)18-26(33)30-15-13-29(14-16-30)25(32)12-11-24-28-23-8-3-2-7-22(23)27(34)31(24)20-9-10-20/h2-8,17,20H,9-16,18H2,1H3. The van der Waals surface area contributed by atoms with Gasteiger partial charge >= 0.3 is 0 Å². The molecule has 2 aliphatic rings. The Labute approximate surface area is 204 Å². The summed E-state index contributed by atoms with van der Waals surface area (Å²) in [5.41, 5.74) is 1.58. The molecule has 2 aromatic carbocycles. The Morgan fingerprint density at radius 3 is 2.40 bits per heavy atom. The molecule has 1 aromatic heterocycles. The van der Waals surface area contributed by atoms with E-state index in [0.717, 1.165) is 24.2 Å². The number of rotatable bonds is 7. The quantitative estimate of drug-likeness (QED) is 0.526. The minimum absolute atomic E-state index is 0.0105. The van der Waals surface area contributed by atoms with Crippen molar-refractivity contribution in [2.75, 3.05) is 33.3 Å². The Morgan fingerprint density at radius 1 is 0.971 bits per heavy atom. The second-order valence-corrected chi connectivity index (χ2v) is 9.24. The maximum atomic E-state index is 13.0. The highest BCUT2D eigenvalue weighted by Gasteiger charge is 2.29. The molecule has 2 fully saturated rings. The maximum absolute atomic E-state index is 13.0. The van der Waals surface area contributed by atoms with E-state index >= 15 is 0 Å². The van der Waals surface area contributed by atoms with Gasteiger partial charge in [0.15, 0.2) is 0 Å². The molecule has 3 aromatic rings. The van der Waals surface area contributed by atoms with Gasteiger partial charge < -0.3 is 14.5 Å². The number of methoxy groups -OCH3 is 1. The first-order chi connectivity index (χ1) is 17.0. The predicted octanol–water partition coefficient (Wildman–Crippen LogP) is 2.59. The predicted molar refractivity (Wildman–Crippen MR) is 132 cm³/mol. The molecule has 1 saturated heterocycles. The van der Waals surface area contributed by atoms with E-state index in [2.05, 4.69) is 0 Å². The van der Waals surface area contributed by atoms with Gasteiger partial charge in [-0.15, -0.1) is 0 Å². The Balaban J connectivity index is 1.18. The van der Waals surface area contributed by atoms with Crippen molar-refractivity contribution in [1.82, 2.24) is 19.4 Å². The number of amides is 2. The van der Waals surface area contributed by atoms with Crippen LogP contribution in [0.15, 0.2) is 53.3 Å². The van der Waals surface area contributed by atoms with Crippen LogP contribution in [0, 0.1) is 0 Å². The third kappa shape index (κ3) is 5.06. The lowest BCUT2D eigenvalue weighted by Crippen LogP contribution is -2.51. The van der Waals surface area contributed by atoms with E-state index in [1.165, 1.54) is 0 Å². The highest BCUT2D eigenvalue weighted by molar-refractivity contribution is 5.80. The fraction of sp³-hybridized carbons (Fsp3) is 0.407. The van der Waals surface area contributed by atoms with E-state index in [9.17, 15) is 14.4 Å². The number of hydrogen-bond donors (Lipinski definition) is 0. The van der Waals surface area contributed by atoms with E-state index in [1.807, 2.05) is 58.3 Å². The van der Waals surface area contributed by atoms with Gasteiger partial charge in [-0.2, -0.15) is 0 Å². The molecular weight excluding hydrogens is 444 g/mol. The van der Waals surface area contributed by atoms with Crippen molar-refractivity contribution in [2.45, 2.75) is 38.1 Å². The molecule has 0 atom stereocenters. The molecule has 1 aliphatic heterocycles. The van der Waals surface area contributed by atoms with Gasteiger partial charge in [0, 0.05) is 45.1 Å². The number of benzene rings is 2. The Bertz CT molecular complexity index is 1310. The SMILES string of the molecule is COc1cccc(CC(=O)N2CCN(C(=O)CCc3nc4ccccc4c(=O)n3C3CC3)CC2)c1. The topological polar surface area (TPSA) is 84.7 Å². The molecule has 2 amide bonds. The summed E-state index contributed by atoms with van der Waals surface area (Å²) in [6.45, 7) is 2.08. The van der Waals surface area contributed by atoms with E-state index in [-0.39, 0.29) is 23.4 Å². The van der Waals surface area contributed by atoms with Crippen LogP contribution >= 0.6 is 0 Å². The number of para-hydroxylation sites is 1. The normalized spacial score (nSPS) is 15.9. The number of aromatic nitrogens is 2. The van der Waals surface area contributed by atoms with Crippen molar-refractivity contribution in [3.05, 3.63) is 70.3 Å².